The fourth-order valence-electron chi connectivity index (χ4n) is 0.792. The van der Waals surface area contributed by atoms with E-state index in [0.29, 0.717) is 10.6 Å². The number of pyridine rings is 1. The summed E-state index contributed by atoms with van der Waals surface area (Å²) in [6, 6.07) is 1.46. The maximum Gasteiger partial charge on any atom is 0.280 e. The zero-order chi connectivity index (χ0) is 9.30. The number of hydrogen-bond acceptors (Lipinski definition) is 1. The third-order valence-electron chi connectivity index (χ3n) is 1.37. The van der Waals surface area contributed by atoms with Crippen molar-refractivity contribution in [2.24, 2.45) is 0 Å². The zero-order valence-electron chi connectivity index (χ0n) is 6.11. The molecule has 1 rings (SSSR count). The lowest BCUT2D eigenvalue weighted by Gasteiger charge is -2.04. The van der Waals surface area contributed by atoms with Gasteiger partial charge in [-0.2, -0.15) is 0 Å². The molecule has 0 aliphatic rings. The molecule has 5 heteroatoms. The van der Waals surface area contributed by atoms with Gasteiger partial charge in [0.2, 0.25) is 0 Å². The number of aryl methyl sites for hydroxylation is 1. The normalized spacial score (nSPS) is 10.8. The van der Waals surface area contributed by atoms with Gasteiger partial charge in [-0.05, 0) is 34.5 Å². The second-order valence-corrected chi connectivity index (χ2v) is 3.42. The van der Waals surface area contributed by atoms with Gasteiger partial charge in [-0.1, -0.05) is 11.6 Å². The van der Waals surface area contributed by atoms with E-state index in [-0.39, 0.29) is 10.3 Å². The van der Waals surface area contributed by atoms with E-state index in [4.69, 9.17) is 11.6 Å². The number of rotatable bonds is 1. The van der Waals surface area contributed by atoms with Gasteiger partial charge in [0, 0.05) is 0 Å². The van der Waals surface area contributed by atoms with Gasteiger partial charge in [-0.3, -0.25) is 0 Å². The van der Waals surface area contributed by atoms with Crippen molar-refractivity contribution in [1.82, 2.24) is 4.98 Å². The van der Waals surface area contributed by atoms with Gasteiger partial charge in [0.25, 0.3) is 6.43 Å². The molecule has 0 aromatic carbocycles. The van der Waals surface area contributed by atoms with Gasteiger partial charge >= 0.3 is 0 Å². The van der Waals surface area contributed by atoms with Crippen LogP contribution in [0.4, 0.5) is 8.78 Å². The van der Waals surface area contributed by atoms with Gasteiger partial charge in [0.15, 0.2) is 0 Å². The average Bonchev–Trinajstić information content (AvgIpc) is 1.96. The minimum absolute atomic E-state index is 0.230. The molecular formula is C7H5BrClF2N. The van der Waals surface area contributed by atoms with Crippen LogP contribution < -0.4 is 0 Å². The first-order chi connectivity index (χ1) is 5.52. The molecule has 0 saturated heterocycles. The molecule has 66 valence electrons. The monoisotopic (exact) mass is 255 g/mol. The SMILES string of the molecule is Cc1cc(Cl)c(Br)nc1C(F)F. The van der Waals surface area contributed by atoms with Crippen molar-refractivity contribution in [3.8, 4) is 0 Å². The molecule has 1 aromatic heterocycles. The molecule has 0 fully saturated rings. The highest BCUT2D eigenvalue weighted by atomic mass is 79.9. The standard InChI is InChI=1S/C7H5BrClF2N/c1-3-2-4(9)6(8)12-5(3)7(10)11/h2,7H,1H3. The van der Waals surface area contributed by atoms with Crippen LogP contribution in [0.5, 0.6) is 0 Å². The predicted octanol–water partition coefficient (Wildman–Crippen LogP) is 3.74. The molecule has 12 heavy (non-hydrogen) atoms. The molecule has 0 aliphatic heterocycles. The van der Waals surface area contributed by atoms with Crippen LogP contribution in [0.25, 0.3) is 0 Å². The number of aromatic nitrogens is 1. The Labute approximate surface area is 81.9 Å². The Kier molecular flexibility index (Phi) is 3.01. The van der Waals surface area contributed by atoms with Gasteiger partial charge in [-0.25, -0.2) is 13.8 Å². The fourth-order valence-corrected chi connectivity index (χ4v) is 1.30. The summed E-state index contributed by atoms with van der Waals surface area (Å²) in [5, 5.41) is 0.344. The van der Waals surface area contributed by atoms with Crippen LogP contribution in [0.1, 0.15) is 17.7 Å². The second kappa shape index (κ2) is 3.66. The first kappa shape index (κ1) is 9.86. The topological polar surface area (TPSA) is 12.9 Å². The van der Waals surface area contributed by atoms with E-state index in [2.05, 4.69) is 20.9 Å². The summed E-state index contributed by atoms with van der Waals surface area (Å²) >= 11 is 8.61. The van der Waals surface area contributed by atoms with Crippen LogP contribution in [0.3, 0.4) is 0 Å². The maximum absolute atomic E-state index is 12.2. The Morgan fingerprint density at radius 1 is 1.58 bits per heavy atom. The summed E-state index contributed by atoms with van der Waals surface area (Å²) in [6.45, 7) is 1.55. The Morgan fingerprint density at radius 3 is 2.67 bits per heavy atom. The summed E-state index contributed by atoms with van der Waals surface area (Å²) in [5.74, 6) is 0. The fraction of sp³-hybridized carbons (Fsp3) is 0.286. The van der Waals surface area contributed by atoms with Crippen molar-refractivity contribution in [3.63, 3.8) is 0 Å². The molecule has 0 atom stereocenters. The van der Waals surface area contributed by atoms with Gasteiger partial charge in [0.1, 0.15) is 10.3 Å². The van der Waals surface area contributed by atoms with Crippen molar-refractivity contribution in [2.45, 2.75) is 13.3 Å². The van der Waals surface area contributed by atoms with Crippen LogP contribution >= 0.6 is 27.5 Å². The number of halogens is 4. The summed E-state index contributed by atoms with van der Waals surface area (Å²) in [5.41, 5.74) is 0.171. The molecule has 0 amide bonds. The molecule has 1 heterocycles. The van der Waals surface area contributed by atoms with E-state index in [9.17, 15) is 8.78 Å². The van der Waals surface area contributed by atoms with E-state index in [0.717, 1.165) is 0 Å². The molecule has 0 saturated carbocycles. The summed E-state index contributed by atoms with van der Waals surface area (Å²) < 4.78 is 24.7. The lowest BCUT2D eigenvalue weighted by molar-refractivity contribution is 0.145. The van der Waals surface area contributed by atoms with E-state index in [1.807, 2.05) is 0 Å². The van der Waals surface area contributed by atoms with Crippen LogP contribution in [0.15, 0.2) is 10.7 Å². The lowest BCUT2D eigenvalue weighted by Crippen LogP contribution is -1.95. The highest BCUT2D eigenvalue weighted by molar-refractivity contribution is 9.10. The van der Waals surface area contributed by atoms with Crippen molar-refractivity contribution >= 4 is 27.5 Å². The van der Waals surface area contributed by atoms with Gasteiger partial charge in [0.05, 0.1) is 5.02 Å². The Bertz CT molecular complexity index is 304. The molecule has 1 aromatic rings. The molecule has 0 bridgehead atoms. The van der Waals surface area contributed by atoms with Crippen LogP contribution in [0.2, 0.25) is 5.02 Å². The molecule has 0 radical (unpaired) electrons. The predicted molar refractivity (Wildman–Crippen MR) is 46.6 cm³/mol. The summed E-state index contributed by atoms with van der Waals surface area (Å²) in [6.07, 6.45) is -2.56. The molecular weight excluding hydrogens is 251 g/mol. The molecule has 0 N–H and O–H groups in total. The number of alkyl halides is 2. The average molecular weight is 256 g/mol. The Morgan fingerprint density at radius 2 is 2.17 bits per heavy atom. The second-order valence-electron chi connectivity index (χ2n) is 2.26. The highest BCUT2D eigenvalue weighted by Crippen LogP contribution is 2.27. The van der Waals surface area contributed by atoms with Crippen molar-refractivity contribution in [1.29, 1.82) is 0 Å². The molecule has 0 spiro atoms. The first-order valence-electron chi connectivity index (χ1n) is 3.13. The van der Waals surface area contributed by atoms with Crippen molar-refractivity contribution < 1.29 is 8.78 Å². The number of nitrogens with zero attached hydrogens (tertiary/aromatic N) is 1. The maximum atomic E-state index is 12.2. The zero-order valence-corrected chi connectivity index (χ0v) is 8.46. The third-order valence-corrected chi connectivity index (χ3v) is 2.49. The van der Waals surface area contributed by atoms with Gasteiger partial charge in [-0.15, -0.1) is 0 Å². The van der Waals surface area contributed by atoms with E-state index in [1.54, 1.807) is 6.92 Å². The molecule has 1 nitrogen and oxygen atoms in total. The van der Waals surface area contributed by atoms with E-state index in [1.165, 1.54) is 6.07 Å². The summed E-state index contributed by atoms with van der Waals surface area (Å²) in [7, 11) is 0. The largest absolute Gasteiger partial charge is 0.280 e. The lowest BCUT2D eigenvalue weighted by atomic mass is 10.2. The number of hydrogen-bond donors (Lipinski definition) is 0. The molecule has 0 unspecified atom stereocenters. The Balaban J connectivity index is 3.23. The third kappa shape index (κ3) is 1.93. The van der Waals surface area contributed by atoms with Crippen LogP contribution in [-0.4, -0.2) is 4.98 Å². The molecule has 0 aliphatic carbocycles. The van der Waals surface area contributed by atoms with Crippen molar-refractivity contribution in [3.05, 3.63) is 26.9 Å². The summed E-state index contributed by atoms with van der Waals surface area (Å²) in [4.78, 5) is 3.61. The smallest absolute Gasteiger partial charge is 0.238 e. The van der Waals surface area contributed by atoms with Crippen LogP contribution in [0, 0.1) is 6.92 Å². The van der Waals surface area contributed by atoms with Crippen LogP contribution in [-0.2, 0) is 0 Å². The van der Waals surface area contributed by atoms with Crippen molar-refractivity contribution in [2.75, 3.05) is 0 Å². The highest BCUT2D eigenvalue weighted by Gasteiger charge is 2.14. The minimum Gasteiger partial charge on any atom is -0.238 e. The van der Waals surface area contributed by atoms with E-state index < -0.39 is 6.43 Å². The first-order valence-corrected chi connectivity index (χ1v) is 4.30. The quantitative estimate of drug-likeness (QED) is 0.698. The van der Waals surface area contributed by atoms with Gasteiger partial charge < -0.3 is 0 Å². The van der Waals surface area contributed by atoms with E-state index >= 15 is 0 Å². The Hall–Kier alpha value is -0.220. The minimum atomic E-state index is -2.56.